The molecule has 0 fully saturated rings. The van der Waals surface area contributed by atoms with E-state index in [1.54, 1.807) is 25.5 Å². The maximum atomic E-state index is 12.1. The van der Waals surface area contributed by atoms with Crippen molar-refractivity contribution in [2.45, 2.75) is 0 Å². The van der Waals surface area contributed by atoms with Crippen LogP contribution in [0, 0.1) is 0 Å². The van der Waals surface area contributed by atoms with Crippen LogP contribution in [0.1, 0.15) is 10.4 Å². The number of amides is 1. The highest BCUT2D eigenvalue weighted by molar-refractivity contribution is 9.10. The first-order valence-electron chi connectivity index (χ1n) is 5.39. The monoisotopic (exact) mass is 305 g/mol. The second-order valence-corrected chi connectivity index (χ2v) is 4.55. The molecule has 1 aromatic heterocycles. The van der Waals surface area contributed by atoms with Crippen molar-refractivity contribution < 1.29 is 4.79 Å². The van der Waals surface area contributed by atoms with E-state index in [4.69, 9.17) is 0 Å². The first kappa shape index (κ1) is 12.6. The van der Waals surface area contributed by atoms with Gasteiger partial charge in [0.15, 0.2) is 0 Å². The van der Waals surface area contributed by atoms with Crippen LogP contribution in [-0.4, -0.2) is 17.9 Å². The summed E-state index contributed by atoms with van der Waals surface area (Å²) < 4.78 is 0.917. The first-order chi connectivity index (χ1) is 8.70. The van der Waals surface area contributed by atoms with Crippen molar-refractivity contribution in [3.63, 3.8) is 0 Å². The molecule has 2 N–H and O–H groups in total. The van der Waals surface area contributed by atoms with E-state index >= 15 is 0 Å². The van der Waals surface area contributed by atoms with Crippen LogP contribution in [0.15, 0.2) is 47.2 Å². The minimum absolute atomic E-state index is 0.189. The fraction of sp³-hybridized carbons (Fsp3) is 0.0769. The van der Waals surface area contributed by atoms with Crippen LogP contribution in [0.5, 0.6) is 0 Å². The summed E-state index contributed by atoms with van der Waals surface area (Å²) in [7, 11) is 1.77. The van der Waals surface area contributed by atoms with Crippen LogP contribution in [0.4, 0.5) is 11.4 Å². The van der Waals surface area contributed by atoms with E-state index < -0.39 is 0 Å². The number of anilines is 2. The van der Waals surface area contributed by atoms with Gasteiger partial charge in [-0.15, -0.1) is 0 Å². The van der Waals surface area contributed by atoms with Crippen molar-refractivity contribution in [1.29, 1.82) is 0 Å². The van der Waals surface area contributed by atoms with Gasteiger partial charge in [-0.1, -0.05) is 22.0 Å². The highest BCUT2D eigenvalue weighted by Gasteiger charge is 2.10. The quantitative estimate of drug-likeness (QED) is 0.916. The van der Waals surface area contributed by atoms with Crippen LogP contribution >= 0.6 is 15.9 Å². The minimum Gasteiger partial charge on any atom is -0.387 e. The number of hydrogen-bond donors (Lipinski definition) is 2. The van der Waals surface area contributed by atoms with E-state index in [9.17, 15) is 4.79 Å². The molecule has 2 rings (SSSR count). The van der Waals surface area contributed by atoms with Gasteiger partial charge in [0.1, 0.15) is 0 Å². The van der Waals surface area contributed by atoms with Gasteiger partial charge in [-0.3, -0.25) is 9.78 Å². The van der Waals surface area contributed by atoms with E-state index in [1.807, 2.05) is 24.3 Å². The Morgan fingerprint density at radius 1 is 1.33 bits per heavy atom. The Morgan fingerprint density at radius 2 is 2.17 bits per heavy atom. The van der Waals surface area contributed by atoms with Gasteiger partial charge in [0.2, 0.25) is 0 Å². The van der Waals surface area contributed by atoms with Crippen molar-refractivity contribution in [3.8, 4) is 0 Å². The summed E-state index contributed by atoms with van der Waals surface area (Å²) in [5, 5.41) is 5.79. The zero-order valence-electron chi connectivity index (χ0n) is 9.77. The zero-order valence-corrected chi connectivity index (χ0v) is 11.4. The predicted octanol–water partition coefficient (Wildman–Crippen LogP) is 3.14. The Hall–Kier alpha value is -1.88. The molecule has 0 radical (unpaired) electrons. The third kappa shape index (κ3) is 2.87. The highest BCUT2D eigenvalue weighted by Crippen LogP contribution is 2.18. The molecule has 0 aliphatic rings. The molecule has 1 heterocycles. The lowest BCUT2D eigenvalue weighted by atomic mass is 10.2. The molecule has 4 nitrogen and oxygen atoms in total. The third-order valence-electron chi connectivity index (χ3n) is 2.42. The number of pyridine rings is 1. The highest BCUT2D eigenvalue weighted by atomic mass is 79.9. The summed E-state index contributed by atoms with van der Waals surface area (Å²) in [5.41, 5.74) is 2.00. The maximum Gasteiger partial charge on any atom is 0.259 e. The number of halogens is 1. The Balaban J connectivity index is 2.22. The Kier molecular flexibility index (Phi) is 3.94. The average molecular weight is 306 g/mol. The molecular formula is C13H12BrN3O. The van der Waals surface area contributed by atoms with Gasteiger partial charge in [-0.05, 0) is 24.3 Å². The lowest BCUT2D eigenvalue weighted by Gasteiger charge is -2.09. The smallest absolute Gasteiger partial charge is 0.259 e. The molecule has 5 heteroatoms. The van der Waals surface area contributed by atoms with Crippen molar-refractivity contribution >= 4 is 33.2 Å². The molecule has 0 spiro atoms. The second-order valence-electron chi connectivity index (χ2n) is 3.64. The van der Waals surface area contributed by atoms with E-state index in [0.717, 1.165) is 15.8 Å². The number of nitrogens with zero attached hydrogens (tertiary/aromatic N) is 1. The van der Waals surface area contributed by atoms with Gasteiger partial charge in [0.05, 0.1) is 5.56 Å². The fourth-order valence-corrected chi connectivity index (χ4v) is 1.96. The Labute approximate surface area is 114 Å². The number of benzene rings is 1. The van der Waals surface area contributed by atoms with Gasteiger partial charge in [0, 0.05) is 35.3 Å². The average Bonchev–Trinajstić information content (AvgIpc) is 2.38. The lowest BCUT2D eigenvalue weighted by Crippen LogP contribution is -2.14. The number of carbonyl (C=O) groups is 1. The van der Waals surface area contributed by atoms with Crippen LogP contribution in [0.3, 0.4) is 0 Å². The Morgan fingerprint density at radius 3 is 2.89 bits per heavy atom. The second kappa shape index (κ2) is 5.64. The van der Waals surface area contributed by atoms with Crippen LogP contribution < -0.4 is 10.6 Å². The van der Waals surface area contributed by atoms with E-state index in [1.165, 1.54) is 0 Å². The number of rotatable bonds is 3. The minimum atomic E-state index is -0.189. The molecule has 1 aromatic carbocycles. The zero-order chi connectivity index (χ0) is 13.0. The fourth-order valence-electron chi connectivity index (χ4n) is 1.56. The summed E-state index contributed by atoms with van der Waals surface area (Å²) in [6, 6.07) is 9.20. The van der Waals surface area contributed by atoms with Crippen LogP contribution in [-0.2, 0) is 0 Å². The molecule has 0 aliphatic carbocycles. The molecule has 0 bridgehead atoms. The first-order valence-corrected chi connectivity index (χ1v) is 6.18. The summed E-state index contributed by atoms with van der Waals surface area (Å²) in [4.78, 5) is 16.1. The molecule has 1 amide bonds. The molecule has 0 aliphatic heterocycles. The van der Waals surface area contributed by atoms with Crippen molar-refractivity contribution in [2.24, 2.45) is 0 Å². The number of aromatic nitrogens is 1. The molecule has 2 aromatic rings. The maximum absolute atomic E-state index is 12.1. The summed E-state index contributed by atoms with van der Waals surface area (Å²) in [5.74, 6) is -0.189. The van der Waals surface area contributed by atoms with E-state index in [-0.39, 0.29) is 5.91 Å². The van der Waals surface area contributed by atoms with Crippen molar-refractivity contribution in [2.75, 3.05) is 17.7 Å². The number of carbonyl (C=O) groups excluding carboxylic acids is 1. The molecule has 92 valence electrons. The largest absolute Gasteiger partial charge is 0.387 e. The normalized spacial score (nSPS) is 9.89. The number of nitrogens with one attached hydrogen (secondary N) is 2. The standard InChI is InChI=1S/C13H12BrN3O/c1-15-12-5-6-16-8-11(12)13(18)17-10-4-2-3-9(14)7-10/h2-8H,1H3,(H,15,16)(H,17,18). The summed E-state index contributed by atoms with van der Waals surface area (Å²) in [6.45, 7) is 0. The van der Waals surface area contributed by atoms with Crippen LogP contribution in [0.2, 0.25) is 0 Å². The van der Waals surface area contributed by atoms with Gasteiger partial charge in [-0.25, -0.2) is 0 Å². The molecule has 0 saturated heterocycles. The summed E-state index contributed by atoms with van der Waals surface area (Å²) >= 11 is 3.36. The van der Waals surface area contributed by atoms with Gasteiger partial charge in [0.25, 0.3) is 5.91 Å². The lowest BCUT2D eigenvalue weighted by molar-refractivity contribution is 0.102. The van der Waals surface area contributed by atoms with Crippen LogP contribution in [0.25, 0.3) is 0 Å². The third-order valence-corrected chi connectivity index (χ3v) is 2.91. The molecule has 0 atom stereocenters. The van der Waals surface area contributed by atoms with E-state index in [2.05, 4.69) is 31.5 Å². The summed E-state index contributed by atoms with van der Waals surface area (Å²) in [6.07, 6.45) is 3.18. The van der Waals surface area contributed by atoms with Gasteiger partial charge in [-0.2, -0.15) is 0 Å². The number of hydrogen-bond acceptors (Lipinski definition) is 3. The molecule has 0 unspecified atom stereocenters. The van der Waals surface area contributed by atoms with E-state index in [0.29, 0.717) is 5.56 Å². The van der Waals surface area contributed by atoms with Crippen molar-refractivity contribution in [3.05, 3.63) is 52.8 Å². The molecule has 0 saturated carbocycles. The molecular weight excluding hydrogens is 294 g/mol. The van der Waals surface area contributed by atoms with Crippen molar-refractivity contribution in [1.82, 2.24) is 4.98 Å². The van der Waals surface area contributed by atoms with Gasteiger partial charge >= 0.3 is 0 Å². The topological polar surface area (TPSA) is 54.0 Å². The Bertz CT molecular complexity index is 572. The predicted molar refractivity (Wildman–Crippen MR) is 75.9 cm³/mol. The SMILES string of the molecule is CNc1ccncc1C(=O)Nc1cccc(Br)c1. The van der Waals surface area contributed by atoms with Gasteiger partial charge < -0.3 is 10.6 Å². The molecule has 18 heavy (non-hydrogen) atoms.